The van der Waals surface area contributed by atoms with Crippen molar-refractivity contribution in [2.75, 3.05) is 0 Å². The molecule has 0 saturated heterocycles. The van der Waals surface area contributed by atoms with Gasteiger partial charge in [0.05, 0.1) is 18.1 Å². The molecule has 0 radical (unpaired) electrons. The number of pyridine rings is 1. The topological polar surface area (TPSA) is 70.7 Å². The minimum absolute atomic E-state index is 0.0928. The summed E-state index contributed by atoms with van der Waals surface area (Å²) in [5, 5.41) is 2.98. The van der Waals surface area contributed by atoms with Gasteiger partial charge in [-0.2, -0.15) is 0 Å². The van der Waals surface area contributed by atoms with Crippen molar-refractivity contribution in [3.05, 3.63) is 47.3 Å². The second-order valence-corrected chi connectivity index (χ2v) is 4.52. The highest BCUT2D eigenvalue weighted by atomic mass is 16.2. The van der Waals surface area contributed by atoms with Crippen molar-refractivity contribution in [1.29, 1.82) is 0 Å². The number of imidazole rings is 1. The average molecular weight is 258 g/mol. The fraction of sp³-hybridized carbons (Fsp3) is 0.357. The Morgan fingerprint density at radius 1 is 1.42 bits per heavy atom. The number of carbonyl (C=O) groups excluding carboxylic acids is 1. The summed E-state index contributed by atoms with van der Waals surface area (Å²) in [7, 11) is 0. The van der Waals surface area contributed by atoms with Gasteiger partial charge in [0.2, 0.25) is 0 Å². The predicted molar refractivity (Wildman–Crippen MR) is 72.8 cm³/mol. The van der Waals surface area contributed by atoms with Crippen molar-refractivity contribution in [2.45, 2.75) is 33.2 Å². The van der Waals surface area contributed by atoms with Gasteiger partial charge < -0.3 is 10.3 Å². The molecular formula is C14H18N4O. The third-order valence-corrected chi connectivity index (χ3v) is 3.14. The Bertz CT molecular complexity index is 576. The van der Waals surface area contributed by atoms with Crippen LogP contribution >= 0.6 is 0 Å². The molecule has 5 nitrogen and oxygen atoms in total. The number of aromatic amines is 1. The van der Waals surface area contributed by atoms with Gasteiger partial charge in [0.25, 0.3) is 5.91 Å². The van der Waals surface area contributed by atoms with Crippen LogP contribution in [0.2, 0.25) is 0 Å². The molecule has 1 atom stereocenters. The lowest BCUT2D eigenvalue weighted by molar-refractivity contribution is 0.0929. The summed E-state index contributed by atoms with van der Waals surface area (Å²) in [6.07, 6.45) is 4.06. The number of nitrogens with zero attached hydrogens (tertiary/aromatic N) is 2. The number of nitrogens with one attached hydrogen (secondary N) is 2. The Balaban J connectivity index is 2.19. The van der Waals surface area contributed by atoms with E-state index in [-0.39, 0.29) is 11.9 Å². The minimum atomic E-state index is -0.171. The molecule has 0 unspecified atom stereocenters. The second kappa shape index (κ2) is 5.65. The number of aryl methyl sites for hydroxylation is 2. The number of hydrogen-bond donors (Lipinski definition) is 2. The Morgan fingerprint density at radius 3 is 2.79 bits per heavy atom. The fourth-order valence-corrected chi connectivity index (χ4v) is 2.04. The first kappa shape index (κ1) is 13.3. The minimum Gasteiger partial charge on any atom is -0.348 e. The van der Waals surface area contributed by atoms with E-state index >= 15 is 0 Å². The summed E-state index contributed by atoms with van der Waals surface area (Å²) in [5.74, 6) is -0.171. The summed E-state index contributed by atoms with van der Waals surface area (Å²) < 4.78 is 0. The van der Waals surface area contributed by atoms with Crippen LogP contribution < -0.4 is 5.32 Å². The fourth-order valence-electron chi connectivity index (χ4n) is 2.04. The molecule has 0 aliphatic carbocycles. The first-order valence-corrected chi connectivity index (χ1v) is 6.35. The molecule has 2 aromatic rings. The third kappa shape index (κ3) is 2.81. The van der Waals surface area contributed by atoms with Gasteiger partial charge in [-0.3, -0.25) is 9.78 Å². The standard InChI is InChI=1S/C14H18N4O/c1-4-11(12-9(2)6-5-7-15-12)18-14(19)13-10(3)16-8-17-13/h5-8,11H,4H2,1-3H3,(H,16,17)(H,18,19)/t11-/m0/s1. The number of carbonyl (C=O) groups is 1. The molecule has 0 bridgehead atoms. The predicted octanol–water partition coefficient (Wildman–Crippen LogP) is 2.30. The zero-order valence-corrected chi connectivity index (χ0v) is 11.4. The van der Waals surface area contributed by atoms with Gasteiger partial charge in [-0.25, -0.2) is 4.98 Å². The normalized spacial score (nSPS) is 12.2. The van der Waals surface area contributed by atoms with Crippen LogP contribution in [0.1, 0.15) is 46.8 Å². The number of rotatable bonds is 4. The van der Waals surface area contributed by atoms with Gasteiger partial charge in [-0.15, -0.1) is 0 Å². The molecule has 2 N–H and O–H groups in total. The van der Waals surface area contributed by atoms with E-state index in [1.807, 2.05) is 32.9 Å². The maximum Gasteiger partial charge on any atom is 0.272 e. The van der Waals surface area contributed by atoms with Crippen LogP contribution in [0.25, 0.3) is 0 Å². The zero-order chi connectivity index (χ0) is 13.8. The lowest BCUT2D eigenvalue weighted by Gasteiger charge is -2.17. The van der Waals surface area contributed by atoms with Gasteiger partial charge in [0, 0.05) is 11.9 Å². The van der Waals surface area contributed by atoms with Crippen molar-refractivity contribution < 1.29 is 4.79 Å². The lowest BCUT2D eigenvalue weighted by atomic mass is 10.1. The maximum absolute atomic E-state index is 12.2. The third-order valence-electron chi connectivity index (χ3n) is 3.14. The first-order chi connectivity index (χ1) is 9.13. The van der Waals surface area contributed by atoms with Crippen LogP contribution in [0.4, 0.5) is 0 Å². The molecule has 19 heavy (non-hydrogen) atoms. The Labute approximate surface area is 112 Å². The molecule has 2 rings (SSSR count). The van der Waals surface area contributed by atoms with Gasteiger partial charge >= 0.3 is 0 Å². The van der Waals surface area contributed by atoms with E-state index in [0.717, 1.165) is 23.4 Å². The molecule has 0 aromatic carbocycles. The van der Waals surface area contributed by atoms with Crippen LogP contribution in [0, 0.1) is 13.8 Å². The maximum atomic E-state index is 12.2. The molecule has 2 aromatic heterocycles. The van der Waals surface area contributed by atoms with Crippen molar-refractivity contribution >= 4 is 5.91 Å². The van der Waals surface area contributed by atoms with Crippen LogP contribution in [0.15, 0.2) is 24.7 Å². The van der Waals surface area contributed by atoms with Crippen molar-refractivity contribution in [2.24, 2.45) is 0 Å². The average Bonchev–Trinajstić information content (AvgIpc) is 2.83. The van der Waals surface area contributed by atoms with Crippen LogP contribution in [0.5, 0.6) is 0 Å². The summed E-state index contributed by atoms with van der Waals surface area (Å²) in [4.78, 5) is 23.5. The quantitative estimate of drug-likeness (QED) is 0.884. The van der Waals surface area contributed by atoms with Gasteiger partial charge in [0.15, 0.2) is 0 Å². The van der Waals surface area contributed by atoms with Crippen molar-refractivity contribution in [1.82, 2.24) is 20.3 Å². The van der Waals surface area contributed by atoms with Gasteiger partial charge in [-0.05, 0) is 31.9 Å². The largest absolute Gasteiger partial charge is 0.348 e. The Kier molecular flexibility index (Phi) is 3.94. The molecule has 1 amide bonds. The van der Waals surface area contributed by atoms with Gasteiger partial charge in [0.1, 0.15) is 5.69 Å². The van der Waals surface area contributed by atoms with E-state index in [1.54, 1.807) is 6.20 Å². The van der Waals surface area contributed by atoms with Crippen LogP contribution in [-0.2, 0) is 0 Å². The molecule has 0 aliphatic rings. The van der Waals surface area contributed by atoms with E-state index in [2.05, 4.69) is 20.3 Å². The number of aromatic nitrogens is 3. The van der Waals surface area contributed by atoms with E-state index in [9.17, 15) is 4.79 Å². The van der Waals surface area contributed by atoms with Crippen LogP contribution in [0.3, 0.4) is 0 Å². The number of hydrogen-bond acceptors (Lipinski definition) is 3. The highest BCUT2D eigenvalue weighted by Gasteiger charge is 2.19. The van der Waals surface area contributed by atoms with Crippen molar-refractivity contribution in [3.8, 4) is 0 Å². The summed E-state index contributed by atoms with van der Waals surface area (Å²) >= 11 is 0. The van der Waals surface area contributed by atoms with Crippen LogP contribution in [-0.4, -0.2) is 20.9 Å². The Hall–Kier alpha value is -2.17. The first-order valence-electron chi connectivity index (χ1n) is 6.35. The Morgan fingerprint density at radius 2 is 2.21 bits per heavy atom. The molecule has 0 saturated carbocycles. The van der Waals surface area contributed by atoms with Crippen molar-refractivity contribution in [3.63, 3.8) is 0 Å². The summed E-state index contributed by atoms with van der Waals surface area (Å²) in [6.45, 7) is 5.85. The molecule has 2 heterocycles. The summed E-state index contributed by atoms with van der Waals surface area (Å²) in [6, 6.07) is 3.80. The number of H-pyrrole nitrogens is 1. The SMILES string of the molecule is CC[C@H](NC(=O)c1nc[nH]c1C)c1ncccc1C. The molecular weight excluding hydrogens is 240 g/mol. The highest BCUT2D eigenvalue weighted by molar-refractivity contribution is 5.93. The van der Waals surface area contributed by atoms with E-state index in [0.29, 0.717) is 5.69 Å². The molecule has 0 spiro atoms. The zero-order valence-electron chi connectivity index (χ0n) is 11.4. The second-order valence-electron chi connectivity index (χ2n) is 4.52. The smallest absolute Gasteiger partial charge is 0.272 e. The van der Waals surface area contributed by atoms with E-state index < -0.39 is 0 Å². The number of amides is 1. The molecule has 0 aliphatic heterocycles. The highest BCUT2D eigenvalue weighted by Crippen LogP contribution is 2.18. The monoisotopic (exact) mass is 258 g/mol. The van der Waals surface area contributed by atoms with E-state index in [1.165, 1.54) is 6.33 Å². The molecule has 100 valence electrons. The molecule has 5 heteroatoms. The molecule has 0 fully saturated rings. The van der Waals surface area contributed by atoms with Gasteiger partial charge in [-0.1, -0.05) is 13.0 Å². The summed E-state index contributed by atoms with van der Waals surface area (Å²) in [5.41, 5.74) is 3.19. The lowest BCUT2D eigenvalue weighted by Crippen LogP contribution is -2.30. The van der Waals surface area contributed by atoms with E-state index in [4.69, 9.17) is 0 Å².